The Balaban J connectivity index is 1.51. The summed E-state index contributed by atoms with van der Waals surface area (Å²) in [5, 5.41) is 6.09. The summed E-state index contributed by atoms with van der Waals surface area (Å²) in [7, 11) is 0. The zero-order valence-electron chi connectivity index (χ0n) is 14.2. The maximum atomic E-state index is 12.7. The molecule has 0 bridgehead atoms. The number of aromatic nitrogens is 2. The van der Waals surface area contributed by atoms with Gasteiger partial charge in [-0.3, -0.25) is 9.59 Å². The van der Waals surface area contributed by atoms with E-state index in [9.17, 15) is 9.59 Å². The molecule has 7 nitrogen and oxygen atoms in total. The molecule has 4 heterocycles. The third-order valence-electron chi connectivity index (χ3n) is 5.09. The Morgan fingerprint density at radius 1 is 1.44 bits per heavy atom. The highest BCUT2D eigenvalue weighted by atomic mass is 16.5. The molecule has 7 heteroatoms. The van der Waals surface area contributed by atoms with Gasteiger partial charge in [-0.15, -0.1) is 0 Å². The normalized spacial score (nSPS) is 26.6. The molecule has 2 aromatic heterocycles. The topological polar surface area (TPSA) is 84.7 Å². The van der Waals surface area contributed by atoms with Gasteiger partial charge in [-0.25, -0.2) is 4.98 Å². The predicted molar refractivity (Wildman–Crippen MR) is 91.3 cm³/mol. The molecule has 2 saturated heterocycles. The molecule has 2 aliphatic rings. The van der Waals surface area contributed by atoms with Crippen molar-refractivity contribution in [3.8, 4) is 0 Å². The van der Waals surface area contributed by atoms with Gasteiger partial charge < -0.3 is 19.8 Å². The fourth-order valence-corrected chi connectivity index (χ4v) is 3.72. The van der Waals surface area contributed by atoms with Crippen molar-refractivity contribution in [3.63, 3.8) is 0 Å². The van der Waals surface area contributed by atoms with Gasteiger partial charge in [0.2, 0.25) is 5.91 Å². The first kappa shape index (κ1) is 16.1. The molecule has 4 rings (SSSR count). The zero-order valence-corrected chi connectivity index (χ0v) is 14.2. The van der Waals surface area contributed by atoms with Gasteiger partial charge in [-0.2, -0.15) is 0 Å². The number of nitrogens with one attached hydrogen (secondary N) is 2. The lowest BCUT2D eigenvalue weighted by molar-refractivity contribution is -0.125. The van der Waals surface area contributed by atoms with Gasteiger partial charge in [0, 0.05) is 36.7 Å². The van der Waals surface area contributed by atoms with Crippen LogP contribution in [0.1, 0.15) is 41.7 Å². The maximum Gasteiger partial charge on any atom is 0.251 e. The molecule has 3 atom stereocenters. The first-order valence-electron chi connectivity index (χ1n) is 8.77. The first-order valence-corrected chi connectivity index (χ1v) is 8.77. The molecule has 2 amide bonds. The lowest BCUT2D eigenvalue weighted by Crippen LogP contribution is -2.60. The van der Waals surface area contributed by atoms with Crippen LogP contribution in [0.2, 0.25) is 0 Å². The molecule has 2 N–H and O–H groups in total. The van der Waals surface area contributed by atoms with E-state index in [1.807, 2.05) is 17.5 Å². The summed E-state index contributed by atoms with van der Waals surface area (Å²) in [5.74, 6) is -0.118. The molecule has 0 aromatic carbocycles. The number of aryl methyl sites for hydroxylation is 1. The van der Waals surface area contributed by atoms with Crippen LogP contribution in [0.5, 0.6) is 0 Å². The van der Waals surface area contributed by atoms with Crippen molar-refractivity contribution in [2.24, 2.45) is 0 Å². The minimum Gasteiger partial charge on any atom is -0.376 e. The van der Waals surface area contributed by atoms with Crippen molar-refractivity contribution >= 4 is 17.5 Å². The summed E-state index contributed by atoms with van der Waals surface area (Å²) < 4.78 is 7.68. The highest BCUT2D eigenvalue weighted by Crippen LogP contribution is 2.23. The number of piperidine rings is 1. The third-order valence-corrected chi connectivity index (χ3v) is 5.09. The largest absolute Gasteiger partial charge is 0.376 e. The van der Waals surface area contributed by atoms with E-state index in [1.165, 1.54) is 0 Å². The lowest BCUT2D eigenvalue weighted by Gasteiger charge is -2.36. The van der Waals surface area contributed by atoms with Gasteiger partial charge in [0.05, 0.1) is 18.2 Å². The molecule has 2 fully saturated rings. The molecule has 0 radical (unpaired) electrons. The average molecular weight is 342 g/mol. The second kappa shape index (κ2) is 6.48. The van der Waals surface area contributed by atoms with Crippen LogP contribution in [0, 0.1) is 6.92 Å². The van der Waals surface area contributed by atoms with Gasteiger partial charge in [-0.1, -0.05) is 0 Å². The van der Waals surface area contributed by atoms with Gasteiger partial charge >= 0.3 is 0 Å². The number of carbonyl (C=O) groups is 2. The summed E-state index contributed by atoms with van der Waals surface area (Å²) in [4.78, 5) is 28.8. The number of amides is 2. The number of carbonyl (C=O) groups excluding carboxylic acids is 2. The SMILES string of the molecule is Cc1cnc2cc(C(=O)N[C@H]3CCC(=O)N[C@@H]3C3CCCO3)ccn12. The van der Waals surface area contributed by atoms with Gasteiger partial charge in [0.15, 0.2) is 0 Å². The molecule has 25 heavy (non-hydrogen) atoms. The number of hydrogen-bond donors (Lipinski definition) is 2. The van der Waals surface area contributed by atoms with E-state index in [0.717, 1.165) is 24.2 Å². The fraction of sp³-hybridized carbons (Fsp3) is 0.500. The van der Waals surface area contributed by atoms with Crippen LogP contribution >= 0.6 is 0 Å². The van der Waals surface area contributed by atoms with Gasteiger partial charge in [0.25, 0.3) is 5.91 Å². The Morgan fingerprint density at radius 3 is 3.12 bits per heavy atom. The Kier molecular flexibility index (Phi) is 4.17. The minimum absolute atomic E-state index is 0.0213. The number of hydrogen-bond acceptors (Lipinski definition) is 4. The van der Waals surface area contributed by atoms with Crippen LogP contribution < -0.4 is 10.6 Å². The summed E-state index contributed by atoms with van der Waals surface area (Å²) in [5.41, 5.74) is 2.34. The van der Waals surface area contributed by atoms with Gasteiger partial charge in [0.1, 0.15) is 5.65 Å². The molecule has 0 saturated carbocycles. The van der Waals surface area contributed by atoms with E-state index in [1.54, 1.807) is 18.3 Å². The monoisotopic (exact) mass is 342 g/mol. The number of fused-ring (bicyclic) bond motifs is 1. The lowest BCUT2D eigenvalue weighted by atomic mass is 9.92. The number of rotatable bonds is 3. The van der Waals surface area contributed by atoms with Crippen LogP contribution in [-0.4, -0.2) is 46.0 Å². The number of pyridine rings is 1. The van der Waals surface area contributed by atoms with Crippen molar-refractivity contribution < 1.29 is 14.3 Å². The summed E-state index contributed by atoms with van der Waals surface area (Å²) in [6.07, 6.45) is 6.57. The van der Waals surface area contributed by atoms with E-state index >= 15 is 0 Å². The van der Waals surface area contributed by atoms with Crippen LogP contribution in [0.3, 0.4) is 0 Å². The molecule has 2 aliphatic heterocycles. The minimum atomic E-state index is -0.162. The zero-order chi connectivity index (χ0) is 17.4. The molecule has 0 aliphatic carbocycles. The Hall–Kier alpha value is -2.41. The van der Waals surface area contributed by atoms with Crippen LogP contribution in [0.25, 0.3) is 5.65 Å². The molecule has 0 spiro atoms. The van der Waals surface area contributed by atoms with E-state index in [4.69, 9.17) is 4.74 Å². The van der Waals surface area contributed by atoms with E-state index in [0.29, 0.717) is 25.0 Å². The second-order valence-corrected chi connectivity index (χ2v) is 6.81. The van der Waals surface area contributed by atoms with Crippen LogP contribution in [-0.2, 0) is 9.53 Å². The van der Waals surface area contributed by atoms with E-state index in [-0.39, 0.29) is 30.0 Å². The first-order chi connectivity index (χ1) is 12.1. The molecule has 1 unspecified atom stereocenters. The predicted octanol–water partition coefficient (Wildman–Crippen LogP) is 1.20. The maximum absolute atomic E-state index is 12.7. The van der Waals surface area contributed by atoms with Crippen molar-refractivity contribution in [3.05, 3.63) is 35.8 Å². The highest BCUT2D eigenvalue weighted by Gasteiger charge is 2.37. The van der Waals surface area contributed by atoms with E-state index < -0.39 is 0 Å². The van der Waals surface area contributed by atoms with Crippen molar-refractivity contribution in [2.45, 2.75) is 50.8 Å². The molecular formula is C18H22N4O3. The number of nitrogens with zero attached hydrogens (tertiary/aromatic N) is 2. The highest BCUT2D eigenvalue weighted by molar-refractivity contribution is 5.95. The van der Waals surface area contributed by atoms with Crippen molar-refractivity contribution in [2.75, 3.05) is 6.61 Å². The van der Waals surface area contributed by atoms with Crippen molar-refractivity contribution in [1.29, 1.82) is 0 Å². The summed E-state index contributed by atoms with van der Waals surface area (Å²) >= 11 is 0. The Morgan fingerprint density at radius 2 is 2.32 bits per heavy atom. The van der Waals surface area contributed by atoms with Gasteiger partial charge in [-0.05, 0) is 38.3 Å². The smallest absolute Gasteiger partial charge is 0.251 e. The Labute approximate surface area is 145 Å². The molecule has 132 valence electrons. The van der Waals surface area contributed by atoms with E-state index in [2.05, 4.69) is 15.6 Å². The molecular weight excluding hydrogens is 320 g/mol. The Bertz CT molecular complexity index is 810. The summed E-state index contributed by atoms with van der Waals surface area (Å²) in [6.45, 7) is 2.68. The number of ether oxygens (including phenoxy) is 1. The fourth-order valence-electron chi connectivity index (χ4n) is 3.72. The molecule has 2 aromatic rings. The quantitative estimate of drug-likeness (QED) is 0.878. The standard InChI is InChI=1S/C18H22N4O3/c1-11-10-19-15-9-12(6-7-22(11)15)18(24)20-13-4-5-16(23)21-17(13)14-3-2-8-25-14/h6-7,9-10,13-14,17H,2-5,8H2,1H3,(H,20,24)(H,21,23)/t13-,14?,17-/m0/s1. The van der Waals surface area contributed by atoms with Crippen LogP contribution in [0.15, 0.2) is 24.5 Å². The van der Waals surface area contributed by atoms with Crippen LogP contribution in [0.4, 0.5) is 0 Å². The third kappa shape index (κ3) is 3.11. The average Bonchev–Trinajstić information content (AvgIpc) is 3.26. The second-order valence-electron chi connectivity index (χ2n) is 6.81. The summed E-state index contributed by atoms with van der Waals surface area (Å²) in [6, 6.07) is 3.29. The number of imidazole rings is 1. The van der Waals surface area contributed by atoms with Crippen molar-refractivity contribution in [1.82, 2.24) is 20.0 Å².